The Balaban J connectivity index is 2.51. The highest BCUT2D eigenvalue weighted by Crippen LogP contribution is 2.35. The van der Waals surface area contributed by atoms with Crippen LogP contribution in [0.3, 0.4) is 0 Å². The normalized spacial score (nSPS) is 25.1. The molecule has 0 spiro atoms. The lowest BCUT2D eigenvalue weighted by Gasteiger charge is -2.18. The second-order valence-corrected chi connectivity index (χ2v) is 4.50. The molecule has 0 heterocycles. The molecule has 0 radical (unpaired) electrons. The molecule has 2 atom stereocenters. The van der Waals surface area contributed by atoms with Crippen molar-refractivity contribution < 1.29 is 14.3 Å². The lowest BCUT2D eigenvalue weighted by Crippen LogP contribution is -2.19. The first kappa shape index (κ1) is 11.3. The van der Waals surface area contributed by atoms with Crippen molar-refractivity contribution in [2.75, 3.05) is 0 Å². The fourth-order valence-electron chi connectivity index (χ4n) is 2.59. The van der Waals surface area contributed by atoms with E-state index in [1.54, 1.807) is 13.8 Å². The van der Waals surface area contributed by atoms with E-state index in [2.05, 4.69) is 0 Å². The van der Waals surface area contributed by atoms with Crippen molar-refractivity contribution in [1.29, 1.82) is 0 Å². The highest BCUT2D eigenvalue weighted by atomic mass is 19.1. The Morgan fingerprint density at radius 3 is 2.31 bits per heavy atom. The molecule has 0 saturated heterocycles. The van der Waals surface area contributed by atoms with Crippen LogP contribution in [0.25, 0.3) is 0 Å². The maximum Gasteiger partial charge on any atom is 0.143 e. The summed E-state index contributed by atoms with van der Waals surface area (Å²) in [5, 5.41) is 9.82. The number of hydrogen-bond donors (Lipinski definition) is 1. The number of carbonyl (C=O) groups is 1. The van der Waals surface area contributed by atoms with Crippen LogP contribution in [-0.2, 0) is 4.79 Å². The number of aryl methyl sites for hydroxylation is 2. The zero-order valence-electron chi connectivity index (χ0n) is 9.46. The molecule has 0 bridgehead atoms. The van der Waals surface area contributed by atoms with Gasteiger partial charge in [-0.15, -0.1) is 0 Å². The Morgan fingerprint density at radius 1 is 1.31 bits per heavy atom. The van der Waals surface area contributed by atoms with Gasteiger partial charge >= 0.3 is 0 Å². The number of halogens is 1. The molecule has 1 aliphatic rings. The van der Waals surface area contributed by atoms with E-state index in [4.69, 9.17) is 0 Å². The number of benzene rings is 1. The molecule has 1 fully saturated rings. The molecule has 1 aromatic rings. The number of ketones is 1. The molecule has 0 amide bonds. The zero-order chi connectivity index (χ0) is 11.9. The first-order valence-electron chi connectivity index (χ1n) is 5.48. The Morgan fingerprint density at radius 2 is 1.88 bits per heavy atom. The van der Waals surface area contributed by atoms with Crippen molar-refractivity contribution in [2.24, 2.45) is 0 Å². The number of rotatable bonds is 1. The number of carbonyl (C=O) groups excluding carboxylic acids is 1. The molecule has 3 heteroatoms. The number of aliphatic hydroxyl groups is 1. The Labute approximate surface area is 94.1 Å². The molecule has 1 aromatic carbocycles. The lowest BCUT2D eigenvalue weighted by molar-refractivity contribution is -0.119. The van der Waals surface area contributed by atoms with Crippen molar-refractivity contribution in [1.82, 2.24) is 0 Å². The van der Waals surface area contributed by atoms with Gasteiger partial charge in [-0.05, 0) is 49.1 Å². The van der Waals surface area contributed by atoms with Crippen LogP contribution in [0.5, 0.6) is 0 Å². The predicted octanol–water partition coefficient (Wildman–Crippen LogP) is 2.25. The topological polar surface area (TPSA) is 37.3 Å². The summed E-state index contributed by atoms with van der Waals surface area (Å²) in [4.78, 5) is 11.7. The summed E-state index contributed by atoms with van der Waals surface area (Å²) in [5.74, 6) is -0.690. The van der Waals surface area contributed by atoms with Crippen LogP contribution in [0.1, 0.15) is 35.4 Å². The van der Waals surface area contributed by atoms with Gasteiger partial charge in [-0.2, -0.15) is 0 Å². The third-order valence-corrected chi connectivity index (χ3v) is 3.29. The highest BCUT2D eigenvalue weighted by Gasteiger charge is 2.36. The average Bonchev–Trinajstić information content (AvgIpc) is 2.47. The fraction of sp³-hybridized carbons (Fsp3) is 0.462. The van der Waals surface area contributed by atoms with Gasteiger partial charge in [0, 0.05) is 6.42 Å². The van der Waals surface area contributed by atoms with Crippen LogP contribution in [0.2, 0.25) is 0 Å². The van der Waals surface area contributed by atoms with Crippen LogP contribution in [0.15, 0.2) is 12.1 Å². The van der Waals surface area contributed by atoms with Gasteiger partial charge in [0.05, 0.1) is 12.0 Å². The van der Waals surface area contributed by atoms with Crippen LogP contribution in [0, 0.1) is 19.7 Å². The van der Waals surface area contributed by atoms with Gasteiger partial charge in [0.1, 0.15) is 11.6 Å². The first-order chi connectivity index (χ1) is 7.50. The third-order valence-electron chi connectivity index (χ3n) is 3.29. The smallest absolute Gasteiger partial charge is 0.143 e. The summed E-state index contributed by atoms with van der Waals surface area (Å²) in [6.45, 7) is 3.56. The van der Waals surface area contributed by atoms with Gasteiger partial charge in [-0.1, -0.05) is 0 Å². The van der Waals surface area contributed by atoms with E-state index < -0.39 is 12.0 Å². The summed E-state index contributed by atoms with van der Waals surface area (Å²) in [7, 11) is 0. The minimum absolute atomic E-state index is 0.0605. The van der Waals surface area contributed by atoms with E-state index in [0.29, 0.717) is 12.8 Å². The van der Waals surface area contributed by atoms with Crippen molar-refractivity contribution >= 4 is 5.78 Å². The zero-order valence-corrected chi connectivity index (χ0v) is 9.46. The van der Waals surface area contributed by atoms with Crippen LogP contribution >= 0.6 is 0 Å². The number of hydrogen-bond acceptors (Lipinski definition) is 2. The lowest BCUT2D eigenvalue weighted by atomic mass is 9.87. The third kappa shape index (κ3) is 1.76. The fourth-order valence-corrected chi connectivity index (χ4v) is 2.59. The molecule has 2 rings (SSSR count). The highest BCUT2D eigenvalue weighted by molar-refractivity contribution is 5.89. The molecular formula is C13H15FO2. The Hall–Kier alpha value is -1.22. The molecule has 1 saturated carbocycles. The minimum Gasteiger partial charge on any atom is -0.392 e. The maximum atomic E-state index is 13.1. The van der Waals surface area contributed by atoms with Crippen molar-refractivity contribution in [3.05, 3.63) is 34.6 Å². The van der Waals surface area contributed by atoms with Gasteiger partial charge in [0.15, 0.2) is 0 Å². The van der Waals surface area contributed by atoms with Gasteiger partial charge in [0.2, 0.25) is 0 Å². The molecule has 1 aliphatic carbocycles. The van der Waals surface area contributed by atoms with E-state index in [1.807, 2.05) is 0 Å². The summed E-state index contributed by atoms with van der Waals surface area (Å²) >= 11 is 0. The maximum absolute atomic E-state index is 13.1. The van der Waals surface area contributed by atoms with E-state index >= 15 is 0 Å². The first-order valence-corrected chi connectivity index (χ1v) is 5.48. The van der Waals surface area contributed by atoms with Crippen LogP contribution in [-0.4, -0.2) is 17.0 Å². The predicted molar refractivity (Wildman–Crippen MR) is 58.9 cm³/mol. The molecular weight excluding hydrogens is 207 g/mol. The van der Waals surface area contributed by atoms with Crippen molar-refractivity contribution in [3.8, 4) is 0 Å². The minimum atomic E-state index is -0.615. The SMILES string of the molecule is Cc1cc(F)cc(C)c1C1C(=O)CCC1O. The van der Waals surface area contributed by atoms with Gasteiger partial charge in [-0.3, -0.25) is 4.79 Å². The number of aliphatic hydroxyl groups excluding tert-OH is 1. The van der Waals surface area contributed by atoms with E-state index in [-0.39, 0.29) is 11.6 Å². The van der Waals surface area contributed by atoms with E-state index in [0.717, 1.165) is 16.7 Å². The largest absolute Gasteiger partial charge is 0.392 e. The molecule has 1 N–H and O–H groups in total. The molecule has 0 aliphatic heterocycles. The molecule has 16 heavy (non-hydrogen) atoms. The van der Waals surface area contributed by atoms with Gasteiger partial charge in [0.25, 0.3) is 0 Å². The summed E-state index contributed by atoms with van der Waals surface area (Å²) < 4.78 is 13.1. The van der Waals surface area contributed by atoms with Crippen molar-refractivity contribution in [2.45, 2.75) is 38.7 Å². The van der Waals surface area contributed by atoms with E-state index in [1.165, 1.54) is 12.1 Å². The Kier molecular flexibility index (Phi) is 2.80. The quantitative estimate of drug-likeness (QED) is 0.791. The molecule has 86 valence electrons. The second kappa shape index (κ2) is 3.98. The monoisotopic (exact) mass is 222 g/mol. The van der Waals surface area contributed by atoms with Crippen LogP contribution in [0.4, 0.5) is 4.39 Å². The van der Waals surface area contributed by atoms with Gasteiger partial charge < -0.3 is 5.11 Å². The molecule has 2 unspecified atom stereocenters. The summed E-state index contributed by atoms with van der Waals surface area (Å²) in [5.41, 5.74) is 2.30. The van der Waals surface area contributed by atoms with Gasteiger partial charge in [-0.25, -0.2) is 4.39 Å². The average molecular weight is 222 g/mol. The second-order valence-electron chi connectivity index (χ2n) is 4.50. The summed E-state index contributed by atoms with van der Waals surface area (Å²) in [6.07, 6.45) is 0.317. The number of Topliss-reactive ketones (excluding diaryl/α,β-unsaturated/α-hetero) is 1. The van der Waals surface area contributed by atoms with Crippen LogP contribution < -0.4 is 0 Å². The molecule has 2 nitrogen and oxygen atoms in total. The Bertz CT molecular complexity index is 417. The van der Waals surface area contributed by atoms with Crippen molar-refractivity contribution in [3.63, 3.8) is 0 Å². The molecule has 0 aromatic heterocycles. The summed E-state index contributed by atoms with van der Waals surface area (Å²) in [6, 6.07) is 2.83. The van der Waals surface area contributed by atoms with E-state index in [9.17, 15) is 14.3 Å². The standard InChI is InChI=1S/C13H15FO2/c1-7-5-9(14)6-8(2)12(7)13-10(15)3-4-11(13)16/h5-6,10,13,15H,3-4H2,1-2H3.